The van der Waals surface area contributed by atoms with E-state index in [1.54, 1.807) is 18.2 Å². The third-order valence-electron chi connectivity index (χ3n) is 3.69. The smallest absolute Gasteiger partial charge is 0.344 e. The van der Waals surface area contributed by atoms with Gasteiger partial charge in [-0.15, -0.1) is 0 Å². The number of rotatable bonds is 6. The lowest BCUT2D eigenvalue weighted by Gasteiger charge is -2.17. The fourth-order valence-electron chi connectivity index (χ4n) is 2.47. The summed E-state index contributed by atoms with van der Waals surface area (Å²) in [5.41, 5.74) is 6.77. The van der Waals surface area contributed by atoms with Gasteiger partial charge in [0.25, 0.3) is 0 Å². The van der Waals surface area contributed by atoms with E-state index in [1.807, 2.05) is 24.3 Å². The van der Waals surface area contributed by atoms with Crippen molar-refractivity contribution in [2.24, 2.45) is 5.73 Å². The van der Waals surface area contributed by atoms with E-state index in [4.69, 9.17) is 20.0 Å². The summed E-state index contributed by atoms with van der Waals surface area (Å²) in [6.45, 7) is 0. The van der Waals surface area contributed by atoms with Crippen LogP contribution in [0, 0.1) is 0 Å². The Bertz CT molecular complexity index is 916. The number of ether oxygens (including phenoxy) is 1. The predicted molar refractivity (Wildman–Crippen MR) is 86.0 cm³/mol. The van der Waals surface area contributed by atoms with Gasteiger partial charge in [-0.2, -0.15) is 0 Å². The minimum Gasteiger partial charge on any atom is -0.480 e. The molecule has 0 aliphatic heterocycles. The molecule has 4 N–H and O–H groups in total. The number of furan rings is 1. The summed E-state index contributed by atoms with van der Waals surface area (Å²) >= 11 is 0. The zero-order chi connectivity index (χ0) is 17.3. The monoisotopic (exact) mass is 329 g/mol. The average molecular weight is 329 g/mol. The number of hydrogen-bond donors (Lipinski definition) is 3. The van der Waals surface area contributed by atoms with Crippen molar-refractivity contribution in [3.8, 4) is 5.75 Å². The fourth-order valence-corrected chi connectivity index (χ4v) is 2.47. The van der Waals surface area contributed by atoms with E-state index < -0.39 is 24.1 Å². The number of carboxylic acid groups (broad SMARTS) is 2. The quantitative estimate of drug-likeness (QED) is 0.633. The first-order valence-corrected chi connectivity index (χ1v) is 7.25. The van der Waals surface area contributed by atoms with Gasteiger partial charge in [0.2, 0.25) is 0 Å². The van der Waals surface area contributed by atoms with Crippen molar-refractivity contribution in [3.63, 3.8) is 0 Å². The predicted octanol–water partition coefficient (Wildman–Crippen LogP) is 2.22. The number of carbonyl (C=O) groups is 2. The molecule has 1 aromatic heterocycles. The first kappa shape index (κ1) is 15.8. The largest absolute Gasteiger partial charge is 0.480 e. The molecule has 0 saturated heterocycles. The Morgan fingerprint density at radius 3 is 2.46 bits per heavy atom. The Balaban J connectivity index is 1.91. The van der Waals surface area contributed by atoms with Crippen molar-refractivity contribution in [2.45, 2.75) is 18.6 Å². The maximum atomic E-state index is 11.3. The van der Waals surface area contributed by atoms with Crippen molar-refractivity contribution in [2.75, 3.05) is 0 Å². The molecule has 0 bridgehead atoms. The molecule has 0 amide bonds. The molecule has 0 saturated carbocycles. The van der Waals surface area contributed by atoms with Crippen molar-refractivity contribution in [1.82, 2.24) is 0 Å². The highest BCUT2D eigenvalue weighted by Crippen LogP contribution is 2.31. The van der Waals surface area contributed by atoms with E-state index in [9.17, 15) is 14.7 Å². The van der Waals surface area contributed by atoms with Crippen molar-refractivity contribution < 1.29 is 29.0 Å². The lowest BCUT2D eigenvalue weighted by atomic mass is 10.1. The molecule has 124 valence electrons. The highest BCUT2D eigenvalue weighted by atomic mass is 16.5. The second kappa shape index (κ2) is 6.21. The van der Waals surface area contributed by atoms with Crippen molar-refractivity contribution in [3.05, 3.63) is 42.5 Å². The summed E-state index contributed by atoms with van der Waals surface area (Å²) < 4.78 is 11.1. The van der Waals surface area contributed by atoms with Gasteiger partial charge in [-0.1, -0.05) is 18.2 Å². The topological polar surface area (TPSA) is 123 Å². The molecule has 1 heterocycles. The highest BCUT2D eigenvalue weighted by molar-refractivity contribution is 6.05. The van der Waals surface area contributed by atoms with Crippen LogP contribution in [-0.2, 0) is 9.59 Å². The maximum Gasteiger partial charge on any atom is 0.344 e. The lowest BCUT2D eigenvalue weighted by molar-refractivity contribution is -0.146. The van der Waals surface area contributed by atoms with Gasteiger partial charge in [-0.25, -0.2) is 4.79 Å². The zero-order valence-corrected chi connectivity index (χ0v) is 12.5. The van der Waals surface area contributed by atoms with E-state index in [0.717, 1.165) is 10.8 Å². The molecule has 0 fully saturated rings. The van der Waals surface area contributed by atoms with Gasteiger partial charge in [-0.3, -0.25) is 4.79 Å². The third-order valence-corrected chi connectivity index (χ3v) is 3.69. The number of fused-ring (bicyclic) bond motifs is 3. The van der Waals surface area contributed by atoms with Gasteiger partial charge in [0.15, 0.2) is 6.10 Å². The van der Waals surface area contributed by atoms with Gasteiger partial charge in [0.05, 0.1) is 0 Å². The minimum atomic E-state index is -1.35. The van der Waals surface area contributed by atoms with Gasteiger partial charge < -0.3 is 25.1 Å². The molecule has 3 rings (SSSR count). The molecule has 2 atom stereocenters. The van der Waals surface area contributed by atoms with Crippen molar-refractivity contribution in [1.29, 1.82) is 0 Å². The lowest BCUT2D eigenvalue weighted by Crippen LogP contribution is -2.39. The van der Waals surface area contributed by atoms with Crippen LogP contribution in [0.25, 0.3) is 21.9 Å². The molecule has 3 aromatic rings. The molecule has 7 heteroatoms. The van der Waals surface area contributed by atoms with Crippen LogP contribution in [0.4, 0.5) is 0 Å². The molecule has 24 heavy (non-hydrogen) atoms. The van der Waals surface area contributed by atoms with Crippen molar-refractivity contribution >= 4 is 33.9 Å². The minimum absolute atomic E-state index is 0.305. The second-order valence-electron chi connectivity index (χ2n) is 5.38. The molecule has 0 radical (unpaired) electrons. The number of nitrogens with two attached hydrogens (primary N) is 1. The van der Waals surface area contributed by atoms with E-state index in [0.29, 0.717) is 16.9 Å². The molecular formula is C17H15NO6. The van der Waals surface area contributed by atoms with E-state index in [1.165, 1.54) is 0 Å². The van der Waals surface area contributed by atoms with Gasteiger partial charge in [0, 0.05) is 17.2 Å². The molecule has 1 unspecified atom stereocenters. The first-order valence-electron chi connectivity index (χ1n) is 7.25. The van der Waals surface area contributed by atoms with Gasteiger partial charge >= 0.3 is 11.9 Å². The SMILES string of the molecule is N[C@@H](CC(Oc1ccc2oc3ccccc3c2c1)C(=O)O)C(=O)O. The molecule has 0 aliphatic carbocycles. The average Bonchev–Trinajstić information content (AvgIpc) is 2.92. The summed E-state index contributed by atoms with van der Waals surface area (Å²) in [5, 5.41) is 19.7. The van der Waals surface area contributed by atoms with Crippen LogP contribution < -0.4 is 10.5 Å². The number of aliphatic carboxylic acids is 2. The zero-order valence-electron chi connectivity index (χ0n) is 12.5. The van der Waals surface area contributed by atoms with Crippen LogP contribution in [0.1, 0.15) is 6.42 Å². The van der Waals surface area contributed by atoms with Crippen LogP contribution in [0.15, 0.2) is 46.9 Å². The fraction of sp³-hybridized carbons (Fsp3) is 0.176. The molecule has 0 aliphatic rings. The summed E-state index contributed by atoms with van der Waals surface area (Å²) in [6, 6.07) is 11.1. The summed E-state index contributed by atoms with van der Waals surface area (Å²) in [6.07, 6.45) is -1.69. The number of hydrogen-bond acceptors (Lipinski definition) is 5. The summed E-state index contributed by atoms with van der Waals surface area (Å²) in [5.74, 6) is -2.25. The Hall–Kier alpha value is -3.06. The van der Waals surface area contributed by atoms with Crippen LogP contribution >= 0.6 is 0 Å². The van der Waals surface area contributed by atoms with Gasteiger partial charge in [0.1, 0.15) is 23.0 Å². The first-order chi connectivity index (χ1) is 11.5. The Morgan fingerprint density at radius 1 is 1.04 bits per heavy atom. The molecular weight excluding hydrogens is 314 g/mol. The molecule has 7 nitrogen and oxygen atoms in total. The van der Waals surface area contributed by atoms with E-state index >= 15 is 0 Å². The normalized spacial score (nSPS) is 13.7. The van der Waals surface area contributed by atoms with Crippen LogP contribution in [-0.4, -0.2) is 34.3 Å². The van der Waals surface area contributed by atoms with E-state index in [2.05, 4.69) is 0 Å². The standard InChI is InChI=1S/C17H15NO6/c18-12(16(19)20)8-15(17(21)22)23-9-5-6-14-11(7-9)10-3-1-2-4-13(10)24-14/h1-7,12,15H,8,18H2,(H,19,20)(H,21,22)/t12-,15?/m0/s1. The summed E-state index contributed by atoms with van der Waals surface area (Å²) in [7, 11) is 0. The Labute approximate surface area is 136 Å². The highest BCUT2D eigenvalue weighted by Gasteiger charge is 2.26. The third kappa shape index (κ3) is 3.02. The second-order valence-corrected chi connectivity index (χ2v) is 5.38. The van der Waals surface area contributed by atoms with Crippen LogP contribution in [0.5, 0.6) is 5.75 Å². The number of para-hydroxylation sites is 1. The van der Waals surface area contributed by atoms with Crippen LogP contribution in [0.3, 0.4) is 0 Å². The number of benzene rings is 2. The van der Waals surface area contributed by atoms with Crippen LogP contribution in [0.2, 0.25) is 0 Å². The molecule has 2 aromatic carbocycles. The Morgan fingerprint density at radius 2 is 1.75 bits per heavy atom. The summed E-state index contributed by atoms with van der Waals surface area (Å²) in [4.78, 5) is 22.1. The molecule has 0 spiro atoms. The Kier molecular flexibility index (Phi) is 4.09. The number of carboxylic acids is 2. The maximum absolute atomic E-state index is 11.3. The van der Waals surface area contributed by atoms with Gasteiger partial charge in [-0.05, 0) is 24.3 Å². The van der Waals surface area contributed by atoms with E-state index in [-0.39, 0.29) is 6.42 Å².